The molecule has 132 valence electrons. The summed E-state index contributed by atoms with van der Waals surface area (Å²) in [6.07, 6.45) is 8.17. The molecular weight excluding hydrogens is 336 g/mol. The second-order valence-electron chi connectivity index (χ2n) is 6.68. The first-order chi connectivity index (χ1) is 12.3. The summed E-state index contributed by atoms with van der Waals surface area (Å²) in [6.45, 7) is 7.04. The fraction of sp³-hybridized carbons (Fsp3) is 0.500. The second-order valence-corrected chi connectivity index (χ2v) is 7.12. The molecule has 2 aromatic heterocycles. The first-order valence-corrected chi connectivity index (χ1v) is 9.30. The summed E-state index contributed by atoms with van der Waals surface area (Å²) in [7, 11) is 0. The van der Waals surface area contributed by atoms with Crippen LogP contribution in [0.25, 0.3) is 0 Å². The molecule has 0 saturated carbocycles. The van der Waals surface area contributed by atoms with E-state index in [9.17, 15) is 0 Å². The smallest absolute Gasteiger partial charge is 0.225 e. The van der Waals surface area contributed by atoms with Crippen LogP contribution in [0.5, 0.6) is 0 Å². The summed E-state index contributed by atoms with van der Waals surface area (Å²) < 4.78 is 0. The molecule has 4 rings (SSSR count). The molecule has 0 aliphatic carbocycles. The third kappa shape index (κ3) is 4.02. The summed E-state index contributed by atoms with van der Waals surface area (Å²) in [6, 6.07) is 3.89. The minimum Gasteiger partial charge on any atom is -0.354 e. The van der Waals surface area contributed by atoms with Gasteiger partial charge in [0, 0.05) is 70.0 Å². The van der Waals surface area contributed by atoms with Gasteiger partial charge in [-0.05, 0) is 25.0 Å². The average molecular weight is 359 g/mol. The van der Waals surface area contributed by atoms with Crippen molar-refractivity contribution in [1.29, 1.82) is 0 Å². The molecule has 2 saturated heterocycles. The van der Waals surface area contributed by atoms with Crippen molar-refractivity contribution in [3.05, 3.63) is 41.3 Å². The zero-order valence-corrected chi connectivity index (χ0v) is 15.1. The number of hydrogen-bond acceptors (Lipinski definition) is 6. The molecule has 2 aromatic rings. The Morgan fingerprint density at radius 1 is 0.800 bits per heavy atom. The van der Waals surface area contributed by atoms with E-state index in [1.54, 1.807) is 6.20 Å². The predicted molar refractivity (Wildman–Crippen MR) is 100 cm³/mol. The van der Waals surface area contributed by atoms with Crippen LogP contribution in [0.15, 0.2) is 30.7 Å². The van der Waals surface area contributed by atoms with E-state index < -0.39 is 0 Å². The van der Waals surface area contributed by atoms with Crippen molar-refractivity contribution >= 4 is 23.4 Å². The highest BCUT2D eigenvalue weighted by Gasteiger charge is 2.19. The third-order valence-corrected chi connectivity index (χ3v) is 5.12. The summed E-state index contributed by atoms with van der Waals surface area (Å²) in [4.78, 5) is 20.5. The number of anilines is 2. The Hall–Kier alpha value is -1.92. The maximum absolute atomic E-state index is 5.91. The molecule has 7 heteroatoms. The molecular formula is C18H23ClN6. The zero-order chi connectivity index (χ0) is 17.1. The maximum Gasteiger partial charge on any atom is 0.225 e. The zero-order valence-electron chi connectivity index (χ0n) is 14.3. The molecule has 0 aromatic carbocycles. The number of piperazine rings is 1. The van der Waals surface area contributed by atoms with Gasteiger partial charge < -0.3 is 9.80 Å². The fourth-order valence-corrected chi connectivity index (χ4v) is 3.57. The first-order valence-electron chi connectivity index (χ1n) is 8.93. The molecule has 0 atom stereocenters. The summed E-state index contributed by atoms with van der Waals surface area (Å²) in [5, 5.41) is 0.680. The topological polar surface area (TPSA) is 48.4 Å². The normalized spacial score (nSPS) is 18.8. The standard InChI is InChI=1S/C18H23ClN6/c19-16-3-4-17(20-13-16)24-9-7-23(8-10-24)14-15-11-21-18(22-12-15)25-5-1-2-6-25/h3-4,11-13H,1-2,5-10,14H2. The molecule has 6 nitrogen and oxygen atoms in total. The van der Waals surface area contributed by atoms with Crippen molar-refractivity contribution in [2.75, 3.05) is 49.1 Å². The average Bonchev–Trinajstić information content (AvgIpc) is 3.19. The second kappa shape index (κ2) is 7.54. The van der Waals surface area contributed by atoms with Crippen LogP contribution >= 0.6 is 11.6 Å². The third-order valence-electron chi connectivity index (χ3n) is 4.89. The van der Waals surface area contributed by atoms with Gasteiger partial charge in [-0.2, -0.15) is 0 Å². The van der Waals surface area contributed by atoms with Crippen molar-refractivity contribution in [2.24, 2.45) is 0 Å². The van der Waals surface area contributed by atoms with Crippen molar-refractivity contribution in [1.82, 2.24) is 19.9 Å². The lowest BCUT2D eigenvalue weighted by Crippen LogP contribution is -2.46. The van der Waals surface area contributed by atoms with Crippen LogP contribution in [0.3, 0.4) is 0 Å². The van der Waals surface area contributed by atoms with Crippen LogP contribution in [-0.4, -0.2) is 59.1 Å². The SMILES string of the molecule is Clc1ccc(N2CCN(Cc3cnc(N4CCCC4)nc3)CC2)nc1. The van der Waals surface area contributed by atoms with Crippen molar-refractivity contribution < 1.29 is 0 Å². The Morgan fingerprint density at radius 2 is 1.52 bits per heavy atom. The van der Waals surface area contributed by atoms with Gasteiger partial charge in [0.05, 0.1) is 5.02 Å². The van der Waals surface area contributed by atoms with E-state index in [4.69, 9.17) is 11.6 Å². The summed E-state index contributed by atoms with van der Waals surface area (Å²) in [5.74, 6) is 1.88. The number of halogens is 1. The van der Waals surface area contributed by atoms with Gasteiger partial charge in [0.15, 0.2) is 0 Å². The van der Waals surface area contributed by atoms with Crippen LogP contribution < -0.4 is 9.80 Å². The van der Waals surface area contributed by atoms with E-state index in [2.05, 4.69) is 29.7 Å². The first kappa shape index (κ1) is 16.5. The molecule has 2 fully saturated rings. The molecule has 0 unspecified atom stereocenters. The molecule has 0 bridgehead atoms. The molecule has 2 aliphatic rings. The van der Waals surface area contributed by atoms with Gasteiger partial charge >= 0.3 is 0 Å². The van der Waals surface area contributed by atoms with Crippen LogP contribution in [0.2, 0.25) is 5.02 Å². The van der Waals surface area contributed by atoms with Gasteiger partial charge in [0.2, 0.25) is 5.95 Å². The Bertz CT molecular complexity index is 676. The van der Waals surface area contributed by atoms with Crippen molar-refractivity contribution in [3.63, 3.8) is 0 Å². The molecule has 0 amide bonds. The van der Waals surface area contributed by atoms with Crippen LogP contribution in [0.1, 0.15) is 18.4 Å². The number of hydrogen-bond donors (Lipinski definition) is 0. The summed E-state index contributed by atoms with van der Waals surface area (Å²) in [5.41, 5.74) is 1.18. The van der Waals surface area contributed by atoms with Gasteiger partial charge in [-0.25, -0.2) is 15.0 Å². The highest BCUT2D eigenvalue weighted by molar-refractivity contribution is 6.30. The highest BCUT2D eigenvalue weighted by atomic mass is 35.5. The number of pyridine rings is 1. The van der Waals surface area contributed by atoms with Crippen LogP contribution in [-0.2, 0) is 6.54 Å². The Morgan fingerprint density at radius 3 is 2.16 bits per heavy atom. The van der Waals surface area contributed by atoms with E-state index in [1.165, 1.54) is 18.4 Å². The maximum atomic E-state index is 5.91. The molecule has 0 radical (unpaired) electrons. The largest absolute Gasteiger partial charge is 0.354 e. The lowest BCUT2D eigenvalue weighted by molar-refractivity contribution is 0.249. The lowest BCUT2D eigenvalue weighted by Gasteiger charge is -2.35. The van der Waals surface area contributed by atoms with E-state index in [0.29, 0.717) is 5.02 Å². The Balaban J connectivity index is 1.30. The molecule has 4 heterocycles. The fourth-order valence-electron chi connectivity index (χ4n) is 3.46. The van der Waals surface area contributed by atoms with E-state index in [-0.39, 0.29) is 0 Å². The van der Waals surface area contributed by atoms with Crippen LogP contribution in [0.4, 0.5) is 11.8 Å². The minimum atomic E-state index is 0.680. The molecule has 0 N–H and O–H groups in total. The monoisotopic (exact) mass is 358 g/mol. The lowest BCUT2D eigenvalue weighted by atomic mass is 10.2. The van der Waals surface area contributed by atoms with E-state index >= 15 is 0 Å². The molecule has 2 aliphatic heterocycles. The molecule has 25 heavy (non-hydrogen) atoms. The van der Waals surface area contributed by atoms with E-state index in [1.807, 2.05) is 24.5 Å². The van der Waals surface area contributed by atoms with Gasteiger partial charge in [-0.15, -0.1) is 0 Å². The quantitative estimate of drug-likeness (QED) is 0.836. The minimum absolute atomic E-state index is 0.680. The number of nitrogens with zero attached hydrogens (tertiary/aromatic N) is 6. The Labute approximate surface area is 153 Å². The van der Waals surface area contributed by atoms with Gasteiger partial charge in [0.1, 0.15) is 5.82 Å². The van der Waals surface area contributed by atoms with E-state index in [0.717, 1.165) is 57.6 Å². The number of rotatable bonds is 4. The van der Waals surface area contributed by atoms with Gasteiger partial charge in [-0.3, -0.25) is 4.90 Å². The van der Waals surface area contributed by atoms with Crippen LogP contribution in [0, 0.1) is 0 Å². The Kier molecular flexibility index (Phi) is 4.99. The molecule has 0 spiro atoms. The highest BCUT2D eigenvalue weighted by Crippen LogP contribution is 2.18. The number of aromatic nitrogens is 3. The predicted octanol–water partition coefficient (Wildman–Crippen LogP) is 2.45. The van der Waals surface area contributed by atoms with Gasteiger partial charge in [-0.1, -0.05) is 11.6 Å². The van der Waals surface area contributed by atoms with Crippen molar-refractivity contribution in [3.8, 4) is 0 Å². The van der Waals surface area contributed by atoms with Gasteiger partial charge in [0.25, 0.3) is 0 Å². The van der Waals surface area contributed by atoms with Crippen molar-refractivity contribution in [2.45, 2.75) is 19.4 Å². The summed E-state index contributed by atoms with van der Waals surface area (Å²) >= 11 is 5.91.